The second kappa shape index (κ2) is 6.32. The molecule has 112 valence electrons. The fourth-order valence-electron chi connectivity index (χ4n) is 2.25. The van der Waals surface area contributed by atoms with E-state index in [1.54, 1.807) is 19.2 Å². The van der Waals surface area contributed by atoms with Crippen LogP contribution in [0.1, 0.15) is 12.0 Å². The van der Waals surface area contributed by atoms with Gasteiger partial charge in [0.2, 0.25) is 0 Å². The summed E-state index contributed by atoms with van der Waals surface area (Å²) in [5.74, 6) is -0.159. The lowest BCUT2D eigenvalue weighted by atomic mass is 10.2. The van der Waals surface area contributed by atoms with Gasteiger partial charge in [-0.1, -0.05) is 22.0 Å². The van der Waals surface area contributed by atoms with Crippen LogP contribution in [0.25, 0.3) is 0 Å². The molecule has 3 nitrogen and oxygen atoms in total. The van der Waals surface area contributed by atoms with Crippen LogP contribution in [0.15, 0.2) is 22.7 Å². The van der Waals surface area contributed by atoms with Crippen LogP contribution in [-0.4, -0.2) is 37.6 Å². The van der Waals surface area contributed by atoms with E-state index >= 15 is 0 Å². The first-order valence-corrected chi connectivity index (χ1v) is 6.96. The van der Waals surface area contributed by atoms with Crippen molar-refractivity contribution >= 4 is 15.9 Å². The van der Waals surface area contributed by atoms with Crippen LogP contribution in [0.4, 0.5) is 13.2 Å². The monoisotopic (exact) mass is 353 g/mol. The van der Waals surface area contributed by atoms with Crippen LogP contribution in [0, 0.1) is 0 Å². The molecule has 0 radical (unpaired) electrons. The number of rotatable bonds is 4. The maximum Gasteiger partial charge on any atom is 0.573 e. The molecule has 1 aliphatic heterocycles. The van der Waals surface area contributed by atoms with E-state index in [-0.39, 0.29) is 11.9 Å². The second-order valence-electron chi connectivity index (χ2n) is 4.68. The molecule has 1 aliphatic rings. The number of methoxy groups -OCH3 is 1. The molecule has 0 N–H and O–H groups in total. The van der Waals surface area contributed by atoms with Gasteiger partial charge in [-0.05, 0) is 18.6 Å². The SMILES string of the molecule is COC1CCN(Cc2ccc(Br)cc2OC(F)(F)F)C1. The van der Waals surface area contributed by atoms with Crippen LogP contribution in [-0.2, 0) is 11.3 Å². The summed E-state index contributed by atoms with van der Waals surface area (Å²) in [7, 11) is 1.64. The van der Waals surface area contributed by atoms with Crippen LogP contribution in [0.5, 0.6) is 5.75 Å². The van der Waals surface area contributed by atoms with Gasteiger partial charge in [0.25, 0.3) is 0 Å². The molecule has 1 fully saturated rings. The van der Waals surface area contributed by atoms with Gasteiger partial charge < -0.3 is 9.47 Å². The van der Waals surface area contributed by atoms with Crippen LogP contribution >= 0.6 is 15.9 Å². The first kappa shape index (κ1) is 15.6. The highest BCUT2D eigenvalue weighted by Crippen LogP contribution is 2.31. The average Bonchev–Trinajstić information content (AvgIpc) is 2.78. The molecule has 20 heavy (non-hydrogen) atoms. The Bertz CT molecular complexity index is 467. The summed E-state index contributed by atoms with van der Waals surface area (Å²) in [4.78, 5) is 2.06. The Morgan fingerprint density at radius 1 is 1.40 bits per heavy atom. The maximum atomic E-state index is 12.4. The number of alkyl halides is 3. The number of likely N-dealkylation sites (tertiary alicyclic amines) is 1. The largest absolute Gasteiger partial charge is 0.573 e. The Balaban J connectivity index is 2.11. The van der Waals surface area contributed by atoms with Crippen molar-refractivity contribution < 1.29 is 22.6 Å². The van der Waals surface area contributed by atoms with Crippen molar-refractivity contribution in [3.05, 3.63) is 28.2 Å². The molecule has 0 aliphatic carbocycles. The molecule has 0 amide bonds. The van der Waals surface area contributed by atoms with Crippen molar-refractivity contribution in [1.29, 1.82) is 0 Å². The van der Waals surface area contributed by atoms with E-state index in [0.29, 0.717) is 16.6 Å². The van der Waals surface area contributed by atoms with Crippen LogP contribution in [0.2, 0.25) is 0 Å². The topological polar surface area (TPSA) is 21.7 Å². The first-order chi connectivity index (χ1) is 9.37. The van der Waals surface area contributed by atoms with E-state index in [2.05, 4.69) is 25.6 Å². The molecular weight excluding hydrogens is 339 g/mol. The van der Waals surface area contributed by atoms with Crippen molar-refractivity contribution in [2.45, 2.75) is 25.4 Å². The van der Waals surface area contributed by atoms with Gasteiger partial charge in [-0.3, -0.25) is 4.90 Å². The highest BCUT2D eigenvalue weighted by Gasteiger charge is 2.32. The third-order valence-corrected chi connectivity index (χ3v) is 3.70. The molecule has 0 spiro atoms. The van der Waals surface area contributed by atoms with E-state index in [4.69, 9.17) is 4.74 Å². The molecule has 0 saturated carbocycles. The minimum absolute atomic E-state index is 0.150. The maximum absolute atomic E-state index is 12.4. The van der Waals surface area contributed by atoms with Gasteiger partial charge in [-0.15, -0.1) is 13.2 Å². The Morgan fingerprint density at radius 2 is 2.15 bits per heavy atom. The molecule has 2 rings (SSSR count). The van der Waals surface area contributed by atoms with Crippen molar-refractivity contribution in [2.24, 2.45) is 0 Å². The molecule has 1 unspecified atom stereocenters. The molecule has 1 saturated heterocycles. The minimum atomic E-state index is -4.68. The van der Waals surface area contributed by atoms with E-state index in [1.165, 1.54) is 6.07 Å². The van der Waals surface area contributed by atoms with Gasteiger partial charge in [-0.25, -0.2) is 0 Å². The Kier molecular flexibility index (Phi) is 4.93. The van der Waals surface area contributed by atoms with Crippen LogP contribution < -0.4 is 4.74 Å². The Labute approximate surface area is 123 Å². The fraction of sp³-hybridized carbons (Fsp3) is 0.538. The van der Waals surface area contributed by atoms with Crippen molar-refractivity contribution in [1.82, 2.24) is 4.90 Å². The molecule has 1 atom stereocenters. The van der Waals surface area contributed by atoms with E-state index in [1.807, 2.05) is 0 Å². The van der Waals surface area contributed by atoms with Gasteiger partial charge in [0.1, 0.15) is 5.75 Å². The predicted octanol–water partition coefficient (Wildman–Crippen LogP) is 3.57. The van der Waals surface area contributed by atoms with E-state index in [0.717, 1.165) is 19.5 Å². The second-order valence-corrected chi connectivity index (χ2v) is 5.60. The molecule has 7 heteroatoms. The Morgan fingerprint density at radius 3 is 2.75 bits per heavy atom. The number of hydrogen-bond donors (Lipinski definition) is 0. The van der Waals surface area contributed by atoms with E-state index < -0.39 is 6.36 Å². The first-order valence-electron chi connectivity index (χ1n) is 6.16. The Hall–Kier alpha value is -0.790. The highest BCUT2D eigenvalue weighted by molar-refractivity contribution is 9.10. The standard InChI is InChI=1S/C13H15BrF3NO2/c1-19-11-4-5-18(8-11)7-9-2-3-10(14)6-12(9)20-13(15,16)17/h2-3,6,11H,4-5,7-8H2,1H3. The number of benzene rings is 1. The molecule has 1 heterocycles. The summed E-state index contributed by atoms with van der Waals surface area (Å²) >= 11 is 3.16. The zero-order valence-electron chi connectivity index (χ0n) is 10.9. The third-order valence-electron chi connectivity index (χ3n) is 3.21. The zero-order valence-corrected chi connectivity index (χ0v) is 12.5. The van der Waals surface area contributed by atoms with Crippen molar-refractivity contribution in [2.75, 3.05) is 20.2 Å². The number of hydrogen-bond acceptors (Lipinski definition) is 3. The van der Waals surface area contributed by atoms with Gasteiger partial charge >= 0.3 is 6.36 Å². The van der Waals surface area contributed by atoms with Crippen molar-refractivity contribution in [3.8, 4) is 5.75 Å². The predicted molar refractivity (Wildman–Crippen MR) is 71.5 cm³/mol. The van der Waals surface area contributed by atoms with E-state index in [9.17, 15) is 13.2 Å². The molecular formula is C13H15BrF3NO2. The fourth-order valence-corrected chi connectivity index (χ4v) is 2.59. The van der Waals surface area contributed by atoms with Gasteiger partial charge in [0.05, 0.1) is 6.10 Å². The van der Waals surface area contributed by atoms with Gasteiger partial charge in [0, 0.05) is 36.8 Å². The number of nitrogens with zero attached hydrogens (tertiary/aromatic N) is 1. The zero-order chi connectivity index (χ0) is 14.8. The normalized spacial score (nSPS) is 20.4. The van der Waals surface area contributed by atoms with Crippen molar-refractivity contribution in [3.63, 3.8) is 0 Å². The van der Waals surface area contributed by atoms with Gasteiger partial charge in [0.15, 0.2) is 0 Å². The smallest absolute Gasteiger partial charge is 0.405 e. The molecule has 1 aromatic carbocycles. The lowest BCUT2D eigenvalue weighted by molar-refractivity contribution is -0.275. The molecule has 1 aromatic rings. The number of ether oxygens (including phenoxy) is 2. The van der Waals surface area contributed by atoms with Crippen LogP contribution in [0.3, 0.4) is 0 Å². The lowest BCUT2D eigenvalue weighted by Crippen LogP contribution is -2.24. The summed E-state index contributed by atoms with van der Waals surface area (Å²) in [5.41, 5.74) is 0.516. The summed E-state index contributed by atoms with van der Waals surface area (Å²) in [5, 5.41) is 0. The minimum Gasteiger partial charge on any atom is -0.405 e. The summed E-state index contributed by atoms with van der Waals surface area (Å²) in [6.07, 6.45) is -3.64. The summed E-state index contributed by atoms with van der Waals surface area (Å²) in [6, 6.07) is 4.69. The summed E-state index contributed by atoms with van der Waals surface area (Å²) in [6.45, 7) is 1.94. The number of halogens is 4. The molecule has 0 aromatic heterocycles. The highest BCUT2D eigenvalue weighted by atomic mass is 79.9. The third kappa shape index (κ3) is 4.36. The lowest BCUT2D eigenvalue weighted by Gasteiger charge is -2.19. The average molecular weight is 354 g/mol. The molecule has 0 bridgehead atoms. The van der Waals surface area contributed by atoms with Gasteiger partial charge in [-0.2, -0.15) is 0 Å². The quantitative estimate of drug-likeness (QED) is 0.825. The summed E-state index contributed by atoms with van der Waals surface area (Å²) < 4.78 is 47.1.